The molecule has 5 heteroatoms. The van der Waals surface area contributed by atoms with Gasteiger partial charge in [-0.2, -0.15) is 5.10 Å². The van der Waals surface area contributed by atoms with Gasteiger partial charge in [0.25, 0.3) is 5.91 Å². The number of amides is 1. The molecule has 0 fully saturated rings. The van der Waals surface area contributed by atoms with Crippen LogP contribution in [0.1, 0.15) is 28.7 Å². The van der Waals surface area contributed by atoms with Crippen LogP contribution < -0.4 is 10.1 Å². The van der Waals surface area contributed by atoms with E-state index in [9.17, 15) is 4.79 Å². The van der Waals surface area contributed by atoms with Gasteiger partial charge in [0.05, 0.1) is 6.61 Å². The minimum absolute atomic E-state index is 0.217. The summed E-state index contributed by atoms with van der Waals surface area (Å²) in [6, 6.07) is 7.25. The number of carbonyl (C=O) groups is 1. The number of aromatic nitrogens is 2. The topological polar surface area (TPSA) is 67.0 Å². The average Bonchev–Trinajstić information content (AvgIpc) is 2.73. The number of benzene rings is 1. The smallest absolute Gasteiger partial charge is 0.276 e. The highest BCUT2D eigenvalue weighted by Gasteiger charge is 2.14. The summed E-state index contributed by atoms with van der Waals surface area (Å²) in [5.41, 5.74) is 2.90. The Kier molecular flexibility index (Phi) is 3.85. The van der Waals surface area contributed by atoms with Crippen molar-refractivity contribution < 1.29 is 9.53 Å². The maximum Gasteiger partial charge on any atom is 0.276 e. The van der Waals surface area contributed by atoms with Crippen molar-refractivity contribution in [1.29, 1.82) is 0 Å². The highest BCUT2D eigenvalue weighted by molar-refractivity contribution is 6.03. The molecular formula is C14H17N3O2. The molecule has 0 spiro atoms. The van der Waals surface area contributed by atoms with E-state index in [1.807, 2.05) is 32.9 Å². The Balaban J connectivity index is 2.08. The van der Waals surface area contributed by atoms with Crippen molar-refractivity contribution in [3.8, 4) is 5.75 Å². The molecular weight excluding hydrogens is 242 g/mol. The number of hydrogen-bond donors (Lipinski definition) is 2. The van der Waals surface area contributed by atoms with Crippen LogP contribution in [0.4, 0.5) is 5.69 Å². The van der Waals surface area contributed by atoms with Crippen LogP contribution in [0.2, 0.25) is 0 Å². The molecule has 0 saturated carbocycles. The van der Waals surface area contributed by atoms with Crippen LogP contribution in [0.3, 0.4) is 0 Å². The molecule has 0 unspecified atom stereocenters. The molecule has 0 saturated heterocycles. The fourth-order valence-corrected chi connectivity index (χ4v) is 1.70. The lowest BCUT2D eigenvalue weighted by molar-refractivity contribution is 0.102. The molecule has 19 heavy (non-hydrogen) atoms. The Morgan fingerprint density at radius 1 is 1.32 bits per heavy atom. The summed E-state index contributed by atoms with van der Waals surface area (Å²) in [4.78, 5) is 12.0. The Morgan fingerprint density at radius 3 is 2.53 bits per heavy atom. The van der Waals surface area contributed by atoms with E-state index in [2.05, 4.69) is 15.5 Å². The number of ether oxygens (including phenoxy) is 1. The number of nitrogens with one attached hydrogen (secondary N) is 2. The lowest BCUT2D eigenvalue weighted by Crippen LogP contribution is -2.13. The largest absolute Gasteiger partial charge is 0.494 e. The Morgan fingerprint density at radius 2 is 2.00 bits per heavy atom. The number of rotatable bonds is 4. The molecule has 0 bridgehead atoms. The predicted octanol–water partition coefficient (Wildman–Crippen LogP) is 2.68. The zero-order chi connectivity index (χ0) is 13.8. The summed E-state index contributed by atoms with van der Waals surface area (Å²) < 4.78 is 5.34. The molecule has 2 N–H and O–H groups in total. The summed E-state index contributed by atoms with van der Waals surface area (Å²) in [5, 5.41) is 9.60. The standard InChI is InChI=1S/C14H17N3O2/c1-4-19-12-7-5-11(6-8-12)15-14(18)13-9(2)10(3)16-17-13/h5-8H,4H2,1-3H3,(H,15,18)(H,16,17). The first-order valence-electron chi connectivity index (χ1n) is 6.17. The van der Waals surface area contributed by atoms with Crippen molar-refractivity contribution in [2.24, 2.45) is 0 Å². The quantitative estimate of drug-likeness (QED) is 0.887. The molecule has 0 atom stereocenters. The van der Waals surface area contributed by atoms with Gasteiger partial charge in [-0.1, -0.05) is 0 Å². The molecule has 0 aliphatic heterocycles. The molecule has 1 amide bonds. The monoisotopic (exact) mass is 259 g/mol. The minimum Gasteiger partial charge on any atom is -0.494 e. The van der Waals surface area contributed by atoms with Gasteiger partial charge in [0, 0.05) is 16.9 Å². The average molecular weight is 259 g/mol. The molecule has 0 aliphatic carbocycles. The number of carbonyl (C=O) groups excluding carboxylic acids is 1. The number of H-pyrrole nitrogens is 1. The third-order valence-electron chi connectivity index (χ3n) is 2.89. The van der Waals surface area contributed by atoms with Crippen LogP contribution in [0, 0.1) is 13.8 Å². The molecule has 5 nitrogen and oxygen atoms in total. The van der Waals surface area contributed by atoms with Crippen molar-refractivity contribution in [2.75, 3.05) is 11.9 Å². The van der Waals surface area contributed by atoms with Crippen LogP contribution in [-0.2, 0) is 0 Å². The SMILES string of the molecule is CCOc1ccc(NC(=O)c2n[nH]c(C)c2C)cc1. The Labute approximate surface area is 112 Å². The van der Waals surface area contributed by atoms with Gasteiger partial charge < -0.3 is 10.1 Å². The van der Waals surface area contributed by atoms with Crippen molar-refractivity contribution >= 4 is 11.6 Å². The number of aryl methyl sites for hydroxylation is 1. The maximum atomic E-state index is 12.0. The van der Waals surface area contributed by atoms with E-state index in [0.29, 0.717) is 18.0 Å². The molecule has 2 aromatic rings. The summed E-state index contributed by atoms with van der Waals surface area (Å²) in [6.07, 6.45) is 0. The number of anilines is 1. The Hall–Kier alpha value is -2.30. The normalized spacial score (nSPS) is 10.3. The van der Waals surface area contributed by atoms with E-state index in [1.54, 1.807) is 12.1 Å². The van der Waals surface area contributed by atoms with Gasteiger partial charge in [-0.15, -0.1) is 0 Å². The number of nitrogens with zero attached hydrogens (tertiary/aromatic N) is 1. The van der Waals surface area contributed by atoms with E-state index < -0.39 is 0 Å². The molecule has 1 aromatic heterocycles. The van der Waals surface area contributed by atoms with Gasteiger partial charge in [0.2, 0.25) is 0 Å². The van der Waals surface area contributed by atoms with Gasteiger partial charge >= 0.3 is 0 Å². The molecule has 0 radical (unpaired) electrons. The molecule has 2 rings (SSSR count). The maximum absolute atomic E-state index is 12.0. The minimum atomic E-state index is -0.217. The third-order valence-corrected chi connectivity index (χ3v) is 2.89. The Bertz CT molecular complexity index is 573. The highest BCUT2D eigenvalue weighted by atomic mass is 16.5. The first-order chi connectivity index (χ1) is 9.11. The van der Waals surface area contributed by atoms with Crippen molar-refractivity contribution in [2.45, 2.75) is 20.8 Å². The molecule has 1 aromatic carbocycles. The first kappa shape index (κ1) is 13.1. The fraction of sp³-hybridized carbons (Fsp3) is 0.286. The predicted molar refractivity (Wildman–Crippen MR) is 73.6 cm³/mol. The van der Waals surface area contributed by atoms with Crippen LogP contribution >= 0.6 is 0 Å². The van der Waals surface area contributed by atoms with E-state index in [-0.39, 0.29) is 5.91 Å². The zero-order valence-corrected chi connectivity index (χ0v) is 11.3. The molecule has 0 aliphatic rings. The number of hydrogen-bond acceptors (Lipinski definition) is 3. The van der Waals surface area contributed by atoms with Gasteiger partial charge in [-0.3, -0.25) is 9.89 Å². The van der Waals surface area contributed by atoms with E-state index in [4.69, 9.17) is 4.74 Å². The van der Waals surface area contributed by atoms with Crippen LogP contribution in [0.25, 0.3) is 0 Å². The summed E-state index contributed by atoms with van der Waals surface area (Å²) >= 11 is 0. The van der Waals surface area contributed by atoms with Crippen LogP contribution in [-0.4, -0.2) is 22.7 Å². The van der Waals surface area contributed by atoms with Gasteiger partial charge in [-0.05, 0) is 45.0 Å². The molecule has 1 heterocycles. The van der Waals surface area contributed by atoms with Crippen LogP contribution in [0.15, 0.2) is 24.3 Å². The zero-order valence-electron chi connectivity index (χ0n) is 11.3. The second-order valence-corrected chi connectivity index (χ2v) is 4.23. The summed E-state index contributed by atoms with van der Waals surface area (Å²) in [6.45, 7) is 6.30. The van der Waals surface area contributed by atoms with Gasteiger partial charge in [0.1, 0.15) is 5.75 Å². The summed E-state index contributed by atoms with van der Waals surface area (Å²) in [7, 11) is 0. The van der Waals surface area contributed by atoms with Gasteiger partial charge in [-0.25, -0.2) is 0 Å². The van der Waals surface area contributed by atoms with Gasteiger partial charge in [0.15, 0.2) is 5.69 Å². The first-order valence-corrected chi connectivity index (χ1v) is 6.17. The van der Waals surface area contributed by atoms with Crippen LogP contribution in [0.5, 0.6) is 5.75 Å². The van der Waals surface area contributed by atoms with E-state index in [0.717, 1.165) is 17.0 Å². The van der Waals surface area contributed by atoms with Crippen molar-refractivity contribution in [3.63, 3.8) is 0 Å². The second-order valence-electron chi connectivity index (χ2n) is 4.23. The third kappa shape index (κ3) is 2.93. The van der Waals surface area contributed by atoms with E-state index in [1.165, 1.54) is 0 Å². The van der Waals surface area contributed by atoms with Crippen molar-refractivity contribution in [1.82, 2.24) is 10.2 Å². The lowest BCUT2D eigenvalue weighted by atomic mass is 10.2. The van der Waals surface area contributed by atoms with Crippen molar-refractivity contribution in [3.05, 3.63) is 41.2 Å². The highest BCUT2D eigenvalue weighted by Crippen LogP contribution is 2.17. The number of aromatic amines is 1. The fourth-order valence-electron chi connectivity index (χ4n) is 1.70. The van der Waals surface area contributed by atoms with E-state index >= 15 is 0 Å². The lowest BCUT2D eigenvalue weighted by Gasteiger charge is -2.06. The molecule has 100 valence electrons. The second kappa shape index (κ2) is 5.56. The summed E-state index contributed by atoms with van der Waals surface area (Å²) in [5.74, 6) is 0.568.